The van der Waals surface area contributed by atoms with Crippen LogP contribution in [0.15, 0.2) is 36.4 Å². The largest absolute Gasteiger partial charge is 0.478 e. The highest BCUT2D eigenvalue weighted by Gasteiger charge is 2.16. The quantitative estimate of drug-likeness (QED) is 0.892. The first kappa shape index (κ1) is 15.3. The average molecular weight is 328 g/mol. The highest BCUT2D eigenvalue weighted by Crippen LogP contribution is 2.24. The Morgan fingerprint density at radius 2 is 1.71 bits per heavy atom. The molecule has 21 heavy (non-hydrogen) atoms. The number of hydrogen-bond donors (Lipinski definition) is 2. The molecule has 0 atom stereocenters. The molecule has 0 unspecified atom stereocenters. The molecule has 1 amide bonds. The third-order valence-electron chi connectivity index (χ3n) is 2.64. The second-order valence-corrected chi connectivity index (χ2v) is 4.92. The average Bonchev–Trinajstić information content (AvgIpc) is 2.37. The van der Waals surface area contributed by atoms with Crippen molar-refractivity contribution in [3.05, 3.63) is 63.4 Å². The van der Waals surface area contributed by atoms with Crippen LogP contribution in [0.5, 0.6) is 0 Å². The molecule has 7 heteroatoms. The van der Waals surface area contributed by atoms with Crippen LogP contribution in [0.25, 0.3) is 0 Å². The number of anilines is 1. The zero-order valence-electron chi connectivity index (χ0n) is 10.4. The molecular weight excluding hydrogens is 320 g/mol. The number of rotatable bonds is 3. The van der Waals surface area contributed by atoms with Crippen LogP contribution in [0.1, 0.15) is 20.7 Å². The first-order chi connectivity index (χ1) is 9.88. The maximum absolute atomic E-state index is 12.9. The molecule has 2 aromatic rings. The summed E-state index contributed by atoms with van der Waals surface area (Å²) in [5.74, 6) is -2.46. The Morgan fingerprint density at radius 1 is 1.05 bits per heavy atom. The normalized spacial score (nSPS) is 10.2. The molecule has 0 aliphatic carbocycles. The molecule has 2 N–H and O–H groups in total. The van der Waals surface area contributed by atoms with Crippen molar-refractivity contribution in [3.63, 3.8) is 0 Å². The van der Waals surface area contributed by atoms with E-state index in [0.717, 1.165) is 12.1 Å². The molecule has 0 heterocycles. The number of carbonyl (C=O) groups is 2. The first-order valence-corrected chi connectivity index (χ1v) is 6.43. The summed E-state index contributed by atoms with van der Waals surface area (Å²) < 4.78 is 12.9. The van der Waals surface area contributed by atoms with Crippen LogP contribution < -0.4 is 5.32 Å². The minimum atomic E-state index is -1.22. The summed E-state index contributed by atoms with van der Waals surface area (Å²) in [7, 11) is 0. The predicted octanol–water partition coefficient (Wildman–Crippen LogP) is 4.08. The summed E-state index contributed by atoms with van der Waals surface area (Å²) in [6.45, 7) is 0. The number of amides is 1. The van der Waals surface area contributed by atoms with Gasteiger partial charge in [0.25, 0.3) is 5.91 Å². The van der Waals surface area contributed by atoms with Gasteiger partial charge in [-0.1, -0.05) is 23.2 Å². The van der Waals surface area contributed by atoms with Crippen LogP contribution in [-0.4, -0.2) is 17.0 Å². The lowest BCUT2D eigenvalue weighted by atomic mass is 10.1. The molecule has 4 nitrogen and oxygen atoms in total. The minimum absolute atomic E-state index is 0.0226. The molecule has 0 spiro atoms. The van der Waals surface area contributed by atoms with Gasteiger partial charge in [0, 0.05) is 5.02 Å². The number of hydrogen-bond acceptors (Lipinski definition) is 2. The molecule has 108 valence electrons. The maximum Gasteiger partial charge on any atom is 0.337 e. The van der Waals surface area contributed by atoms with Gasteiger partial charge < -0.3 is 10.4 Å². The van der Waals surface area contributed by atoms with Crippen molar-refractivity contribution in [2.24, 2.45) is 0 Å². The standard InChI is InChI=1S/C14H8Cl2FNO3/c15-7-1-3-10(14(20)21)12(5-7)18-13(19)9-4-2-8(17)6-11(9)16/h1-6H,(H,18,19)(H,20,21). The fraction of sp³-hybridized carbons (Fsp3) is 0. The maximum atomic E-state index is 12.9. The van der Waals surface area contributed by atoms with Crippen molar-refractivity contribution in [1.29, 1.82) is 0 Å². The van der Waals surface area contributed by atoms with Gasteiger partial charge in [0.05, 0.1) is 21.8 Å². The van der Waals surface area contributed by atoms with Crippen molar-refractivity contribution in [2.75, 3.05) is 5.32 Å². The summed E-state index contributed by atoms with van der Waals surface area (Å²) in [6.07, 6.45) is 0. The van der Waals surface area contributed by atoms with Crippen molar-refractivity contribution < 1.29 is 19.1 Å². The molecule has 0 saturated carbocycles. The van der Waals surface area contributed by atoms with E-state index in [9.17, 15) is 14.0 Å². The molecule has 0 bridgehead atoms. The number of halogens is 3. The van der Waals surface area contributed by atoms with Gasteiger partial charge in [-0.15, -0.1) is 0 Å². The van der Waals surface area contributed by atoms with Gasteiger partial charge >= 0.3 is 5.97 Å². The van der Waals surface area contributed by atoms with Crippen LogP contribution >= 0.6 is 23.2 Å². The Balaban J connectivity index is 2.35. The monoisotopic (exact) mass is 327 g/mol. The second kappa shape index (κ2) is 6.11. The molecule has 0 saturated heterocycles. The SMILES string of the molecule is O=C(Nc1cc(Cl)ccc1C(=O)O)c1ccc(F)cc1Cl. The van der Waals surface area contributed by atoms with Gasteiger partial charge in [0.2, 0.25) is 0 Å². The molecule has 2 aromatic carbocycles. The van der Waals surface area contributed by atoms with Gasteiger partial charge in [-0.3, -0.25) is 4.79 Å². The van der Waals surface area contributed by atoms with E-state index in [4.69, 9.17) is 28.3 Å². The molecule has 0 radical (unpaired) electrons. The highest BCUT2D eigenvalue weighted by atomic mass is 35.5. The first-order valence-electron chi connectivity index (χ1n) is 5.67. The van der Waals surface area contributed by atoms with Crippen molar-refractivity contribution in [3.8, 4) is 0 Å². The number of nitrogens with one attached hydrogen (secondary N) is 1. The van der Waals surface area contributed by atoms with Crippen molar-refractivity contribution in [1.82, 2.24) is 0 Å². The Kier molecular flexibility index (Phi) is 4.45. The van der Waals surface area contributed by atoms with E-state index in [2.05, 4.69) is 5.32 Å². The summed E-state index contributed by atoms with van der Waals surface area (Å²) >= 11 is 11.6. The van der Waals surface area contributed by atoms with Gasteiger partial charge in [0.1, 0.15) is 5.82 Å². The molecule has 0 aliphatic heterocycles. The highest BCUT2D eigenvalue weighted by molar-refractivity contribution is 6.34. The molecule has 0 fully saturated rings. The topological polar surface area (TPSA) is 66.4 Å². The molecular formula is C14H8Cl2FNO3. The lowest BCUT2D eigenvalue weighted by molar-refractivity contribution is 0.0698. The summed E-state index contributed by atoms with van der Waals surface area (Å²) in [6, 6.07) is 7.25. The zero-order valence-corrected chi connectivity index (χ0v) is 11.9. The van der Waals surface area contributed by atoms with Gasteiger partial charge in [0.15, 0.2) is 0 Å². The molecule has 0 aromatic heterocycles. The van der Waals surface area contributed by atoms with Gasteiger partial charge in [-0.05, 0) is 36.4 Å². The third-order valence-corrected chi connectivity index (χ3v) is 3.18. The van der Waals surface area contributed by atoms with Crippen LogP contribution in [-0.2, 0) is 0 Å². The number of carboxylic acids is 1. The van der Waals surface area contributed by atoms with Gasteiger partial charge in [-0.2, -0.15) is 0 Å². The van der Waals surface area contributed by atoms with E-state index < -0.39 is 17.7 Å². The smallest absolute Gasteiger partial charge is 0.337 e. The molecule has 0 aliphatic rings. The lowest BCUT2D eigenvalue weighted by Gasteiger charge is -2.10. The summed E-state index contributed by atoms with van der Waals surface area (Å²) in [4.78, 5) is 23.2. The van der Waals surface area contributed by atoms with Crippen molar-refractivity contribution in [2.45, 2.75) is 0 Å². The second-order valence-electron chi connectivity index (χ2n) is 4.07. The number of carboxylic acid groups (broad SMARTS) is 1. The fourth-order valence-electron chi connectivity index (χ4n) is 1.67. The van der Waals surface area contributed by atoms with Gasteiger partial charge in [-0.25, -0.2) is 9.18 Å². The molecule has 2 rings (SSSR count). The van der Waals surface area contributed by atoms with Crippen molar-refractivity contribution >= 4 is 40.8 Å². The number of aromatic carboxylic acids is 1. The third kappa shape index (κ3) is 3.51. The Labute approximate surface area is 129 Å². The van der Waals surface area contributed by atoms with E-state index in [1.54, 1.807) is 0 Å². The minimum Gasteiger partial charge on any atom is -0.478 e. The van der Waals surface area contributed by atoms with E-state index in [1.807, 2.05) is 0 Å². The van der Waals surface area contributed by atoms with Crippen LogP contribution in [0, 0.1) is 5.82 Å². The number of carbonyl (C=O) groups excluding carboxylic acids is 1. The Bertz CT molecular complexity index is 734. The Morgan fingerprint density at radius 3 is 2.33 bits per heavy atom. The lowest BCUT2D eigenvalue weighted by Crippen LogP contribution is -2.15. The van der Waals surface area contributed by atoms with Crippen LogP contribution in [0.2, 0.25) is 10.0 Å². The predicted molar refractivity (Wildman–Crippen MR) is 77.8 cm³/mol. The Hall–Kier alpha value is -2.11. The zero-order chi connectivity index (χ0) is 15.6. The van der Waals surface area contributed by atoms with E-state index >= 15 is 0 Å². The van der Waals surface area contributed by atoms with Crippen LogP contribution in [0.3, 0.4) is 0 Å². The van der Waals surface area contributed by atoms with E-state index in [1.165, 1.54) is 24.3 Å². The number of benzene rings is 2. The summed E-state index contributed by atoms with van der Waals surface area (Å²) in [5.41, 5.74) is -0.0687. The summed E-state index contributed by atoms with van der Waals surface area (Å²) in [5, 5.41) is 11.6. The van der Waals surface area contributed by atoms with E-state index in [-0.39, 0.29) is 26.9 Å². The van der Waals surface area contributed by atoms with E-state index in [0.29, 0.717) is 0 Å². The van der Waals surface area contributed by atoms with Crippen LogP contribution in [0.4, 0.5) is 10.1 Å². The fourth-order valence-corrected chi connectivity index (χ4v) is 2.09.